The summed E-state index contributed by atoms with van der Waals surface area (Å²) < 4.78 is 6.96. The van der Waals surface area contributed by atoms with Gasteiger partial charge in [0.2, 0.25) is 5.72 Å². The average Bonchev–Trinajstić information content (AvgIpc) is 3.02. The molecule has 0 bridgehead atoms. The number of carbonyl (C=O) groups is 1. The number of hydrogen-bond acceptors (Lipinski definition) is 4. The molecule has 0 radical (unpaired) electrons. The van der Waals surface area contributed by atoms with Crippen LogP contribution in [0.3, 0.4) is 0 Å². The second-order valence-corrected chi connectivity index (χ2v) is 7.84. The first-order chi connectivity index (χ1) is 12.6. The minimum absolute atomic E-state index is 0.193. The molecule has 0 spiro atoms. The summed E-state index contributed by atoms with van der Waals surface area (Å²) in [5, 5.41) is 12.8. The summed E-state index contributed by atoms with van der Waals surface area (Å²) in [5.41, 5.74) is 1.35. The summed E-state index contributed by atoms with van der Waals surface area (Å²) >= 11 is 0. The highest BCUT2D eigenvalue weighted by Gasteiger charge is 2.59. The Bertz CT molecular complexity index is 946. The summed E-state index contributed by atoms with van der Waals surface area (Å²) in [7, 11) is 1.35. The summed E-state index contributed by atoms with van der Waals surface area (Å²) in [6, 6.07) is 8.30. The maximum Gasteiger partial charge on any atom is 0.359 e. The molecule has 3 aliphatic rings. The molecule has 0 amide bonds. The second-order valence-electron chi connectivity index (χ2n) is 7.84. The molecule has 0 saturated heterocycles. The van der Waals surface area contributed by atoms with Crippen molar-refractivity contribution in [1.29, 1.82) is 0 Å². The van der Waals surface area contributed by atoms with E-state index in [0.717, 1.165) is 42.5 Å². The van der Waals surface area contributed by atoms with Gasteiger partial charge in [0.15, 0.2) is 0 Å². The van der Waals surface area contributed by atoms with Gasteiger partial charge in [0.05, 0.1) is 18.7 Å². The third-order valence-corrected chi connectivity index (χ3v) is 6.74. The number of hydrogen-bond donors (Lipinski definition) is 1. The van der Waals surface area contributed by atoms with Gasteiger partial charge >= 0.3 is 5.97 Å². The van der Waals surface area contributed by atoms with Gasteiger partial charge in [-0.05, 0) is 24.5 Å². The lowest BCUT2D eigenvalue weighted by Crippen LogP contribution is -2.58. The average molecular weight is 352 g/mol. The van der Waals surface area contributed by atoms with E-state index in [9.17, 15) is 9.90 Å². The number of rotatable bonds is 2. The van der Waals surface area contributed by atoms with Crippen LogP contribution in [0.5, 0.6) is 0 Å². The van der Waals surface area contributed by atoms with E-state index in [1.807, 2.05) is 22.8 Å². The number of aliphatic hydroxyl groups is 1. The highest BCUT2D eigenvalue weighted by atomic mass is 16.5. The van der Waals surface area contributed by atoms with Gasteiger partial charge in [-0.3, -0.25) is 4.90 Å². The highest BCUT2D eigenvalue weighted by Crippen LogP contribution is 2.58. The molecule has 0 saturated carbocycles. The van der Waals surface area contributed by atoms with E-state index in [1.54, 1.807) is 0 Å². The number of methoxy groups -OCH3 is 1. The van der Waals surface area contributed by atoms with Crippen LogP contribution < -0.4 is 0 Å². The Balaban J connectivity index is 1.92. The zero-order valence-corrected chi connectivity index (χ0v) is 15.2. The van der Waals surface area contributed by atoms with E-state index in [2.05, 4.69) is 30.0 Å². The van der Waals surface area contributed by atoms with Gasteiger partial charge in [0.1, 0.15) is 0 Å². The molecule has 4 heterocycles. The van der Waals surface area contributed by atoms with Crippen molar-refractivity contribution < 1.29 is 14.6 Å². The summed E-state index contributed by atoms with van der Waals surface area (Å²) in [6.45, 7) is 4.08. The largest absolute Gasteiger partial charge is 0.465 e. The summed E-state index contributed by atoms with van der Waals surface area (Å²) in [6.07, 6.45) is 6.57. The lowest BCUT2D eigenvalue weighted by Gasteiger charge is -2.55. The number of ether oxygens (including phenoxy) is 1. The fourth-order valence-electron chi connectivity index (χ4n) is 5.64. The molecule has 0 aliphatic carbocycles. The first-order valence-electron chi connectivity index (χ1n) is 9.41. The van der Waals surface area contributed by atoms with Gasteiger partial charge < -0.3 is 14.4 Å². The predicted octanol–water partition coefficient (Wildman–Crippen LogP) is 2.73. The fourth-order valence-corrected chi connectivity index (χ4v) is 5.64. The summed E-state index contributed by atoms with van der Waals surface area (Å²) in [5.74, 6) is -0.580. The van der Waals surface area contributed by atoms with Crippen LogP contribution in [0.2, 0.25) is 0 Å². The van der Waals surface area contributed by atoms with Crippen molar-refractivity contribution in [1.82, 2.24) is 9.47 Å². The van der Waals surface area contributed by atoms with Gasteiger partial charge in [0, 0.05) is 36.0 Å². The van der Waals surface area contributed by atoms with Crippen LogP contribution in [-0.4, -0.2) is 40.7 Å². The van der Waals surface area contributed by atoms with E-state index >= 15 is 0 Å². The Hall–Kier alpha value is -2.11. The Kier molecular flexibility index (Phi) is 3.22. The van der Waals surface area contributed by atoms with Crippen molar-refractivity contribution >= 4 is 16.9 Å². The zero-order chi connectivity index (χ0) is 18.1. The Morgan fingerprint density at radius 2 is 2.19 bits per heavy atom. The fraction of sp³-hybridized carbons (Fsp3) is 0.476. The van der Waals surface area contributed by atoms with Gasteiger partial charge in [0.25, 0.3) is 0 Å². The number of aromatic nitrogens is 1. The van der Waals surface area contributed by atoms with Gasteiger partial charge in [-0.15, -0.1) is 0 Å². The lowest BCUT2D eigenvalue weighted by molar-refractivity contribution is -0.187. The molecule has 5 nitrogen and oxygen atoms in total. The van der Waals surface area contributed by atoms with Crippen molar-refractivity contribution in [2.75, 3.05) is 20.2 Å². The Morgan fingerprint density at radius 3 is 2.96 bits per heavy atom. The smallest absolute Gasteiger partial charge is 0.359 e. The SMILES string of the molecule is CCC12C=CCN3CCc4c(n(c5ccccc45)C(O)(C(=O)OC)C1)C32. The molecule has 5 heteroatoms. The molecule has 1 N–H and O–H groups in total. The molecular weight excluding hydrogens is 328 g/mol. The first kappa shape index (κ1) is 16.1. The van der Waals surface area contributed by atoms with Crippen LogP contribution in [0.1, 0.15) is 37.1 Å². The molecule has 1 aromatic heterocycles. The maximum absolute atomic E-state index is 12.8. The quantitative estimate of drug-likeness (QED) is 0.667. The zero-order valence-electron chi connectivity index (χ0n) is 15.2. The topological polar surface area (TPSA) is 54.7 Å². The third-order valence-electron chi connectivity index (χ3n) is 6.74. The van der Waals surface area contributed by atoms with Crippen molar-refractivity contribution in [3.8, 4) is 0 Å². The van der Waals surface area contributed by atoms with Crippen LogP contribution in [0, 0.1) is 5.41 Å². The van der Waals surface area contributed by atoms with E-state index in [-0.39, 0.29) is 11.5 Å². The van der Waals surface area contributed by atoms with Crippen molar-refractivity contribution in [2.24, 2.45) is 5.41 Å². The number of fused-ring (bicyclic) bond motifs is 3. The second kappa shape index (κ2) is 5.21. The van der Waals surface area contributed by atoms with E-state index < -0.39 is 11.7 Å². The van der Waals surface area contributed by atoms with Crippen LogP contribution >= 0.6 is 0 Å². The molecule has 5 rings (SSSR count). The van der Waals surface area contributed by atoms with Crippen LogP contribution in [0.25, 0.3) is 10.9 Å². The van der Waals surface area contributed by atoms with Gasteiger partial charge in [-0.1, -0.05) is 37.3 Å². The molecule has 0 fully saturated rings. The van der Waals surface area contributed by atoms with E-state index in [4.69, 9.17) is 4.74 Å². The molecule has 1 aromatic carbocycles. The Morgan fingerprint density at radius 1 is 1.38 bits per heavy atom. The predicted molar refractivity (Wildman–Crippen MR) is 98.6 cm³/mol. The molecule has 2 aromatic rings. The number of esters is 1. The number of carbonyl (C=O) groups excluding carboxylic acids is 1. The monoisotopic (exact) mass is 352 g/mol. The molecule has 3 aliphatic heterocycles. The minimum Gasteiger partial charge on any atom is -0.465 e. The number of benzene rings is 1. The molecular formula is C21H24N2O3. The molecule has 3 unspecified atom stereocenters. The normalized spacial score (nSPS) is 32.5. The van der Waals surface area contributed by atoms with E-state index in [1.165, 1.54) is 12.7 Å². The lowest BCUT2D eigenvalue weighted by atomic mass is 9.64. The van der Waals surface area contributed by atoms with Crippen LogP contribution in [-0.2, 0) is 21.7 Å². The highest BCUT2D eigenvalue weighted by molar-refractivity contribution is 5.90. The standard InChI is InChI=1S/C21H24N2O3/c1-3-20-10-6-11-22-12-9-15-14-7-4-5-8-16(14)23(17(15)18(20)22)21(25,13-20)19(24)26-2/h4-8,10,18,25H,3,9,11-13H2,1-2H3. The molecule has 136 valence electrons. The van der Waals surface area contributed by atoms with Crippen molar-refractivity contribution in [3.05, 3.63) is 47.7 Å². The Labute approximate surface area is 152 Å². The van der Waals surface area contributed by atoms with E-state index in [0.29, 0.717) is 6.42 Å². The maximum atomic E-state index is 12.8. The first-order valence-corrected chi connectivity index (χ1v) is 9.41. The van der Waals surface area contributed by atoms with Crippen LogP contribution in [0.15, 0.2) is 36.4 Å². The van der Waals surface area contributed by atoms with Crippen LogP contribution in [0.4, 0.5) is 0 Å². The third kappa shape index (κ3) is 1.75. The molecule has 3 atom stereocenters. The number of nitrogens with zero attached hydrogens (tertiary/aromatic N) is 2. The van der Waals surface area contributed by atoms with Gasteiger partial charge in [-0.2, -0.15) is 0 Å². The van der Waals surface area contributed by atoms with Crippen molar-refractivity contribution in [3.63, 3.8) is 0 Å². The van der Waals surface area contributed by atoms with Crippen molar-refractivity contribution in [2.45, 2.75) is 38.0 Å². The number of para-hydroxylation sites is 1. The minimum atomic E-state index is -1.68. The summed E-state index contributed by atoms with van der Waals surface area (Å²) in [4.78, 5) is 15.3. The van der Waals surface area contributed by atoms with Gasteiger partial charge in [-0.25, -0.2) is 4.79 Å². The molecule has 26 heavy (non-hydrogen) atoms.